The summed E-state index contributed by atoms with van der Waals surface area (Å²) in [4.78, 5) is 20.1. The Morgan fingerprint density at radius 3 is 2.89 bits per heavy atom. The molecule has 0 aliphatic carbocycles. The second-order valence-corrected chi connectivity index (χ2v) is 4.80. The lowest BCUT2D eigenvalue weighted by atomic mass is 10.2. The molecule has 3 rings (SSSR count). The number of aromatic nitrogens is 2. The molecule has 0 aliphatic heterocycles. The number of furan rings is 1. The maximum absolute atomic E-state index is 11.0. The van der Waals surface area contributed by atoms with Crippen LogP contribution in [0.15, 0.2) is 28.9 Å². The summed E-state index contributed by atoms with van der Waals surface area (Å²) in [6.07, 6.45) is 1.41. The molecular weight excluding hydrogens is 252 g/mol. The molecule has 0 radical (unpaired) electrons. The Labute approximate surface area is 106 Å². The van der Waals surface area contributed by atoms with E-state index in [4.69, 9.17) is 9.52 Å². The van der Waals surface area contributed by atoms with E-state index in [1.165, 1.54) is 6.33 Å². The second kappa shape index (κ2) is 3.92. The number of thiophene rings is 1. The van der Waals surface area contributed by atoms with Gasteiger partial charge in [0.2, 0.25) is 0 Å². The molecule has 0 fully saturated rings. The minimum Gasteiger partial charge on any atom is -0.477 e. The van der Waals surface area contributed by atoms with Crippen molar-refractivity contribution in [3.8, 4) is 11.5 Å². The number of hydrogen-bond donors (Lipinski definition) is 1. The van der Waals surface area contributed by atoms with Gasteiger partial charge in [-0.05, 0) is 25.1 Å². The molecule has 0 aromatic carbocycles. The molecule has 0 saturated carbocycles. The van der Waals surface area contributed by atoms with E-state index in [0.29, 0.717) is 21.7 Å². The molecule has 3 aromatic heterocycles. The molecule has 0 aliphatic rings. The monoisotopic (exact) mass is 260 g/mol. The maximum Gasteiger partial charge on any atom is 0.345 e. The van der Waals surface area contributed by atoms with Gasteiger partial charge in [0.1, 0.15) is 27.5 Å². The number of aryl methyl sites for hydroxylation is 1. The van der Waals surface area contributed by atoms with E-state index in [1.807, 2.05) is 19.1 Å². The Hall–Kier alpha value is -2.21. The number of aromatic carboxylic acids is 1. The fraction of sp³-hybridized carbons (Fsp3) is 0.0833. The number of hydrogen-bond acceptors (Lipinski definition) is 5. The van der Waals surface area contributed by atoms with Crippen molar-refractivity contribution in [2.45, 2.75) is 6.92 Å². The molecule has 90 valence electrons. The largest absolute Gasteiger partial charge is 0.477 e. The van der Waals surface area contributed by atoms with Crippen molar-refractivity contribution in [3.63, 3.8) is 0 Å². The van der Waals surface area contributed by atoms with Gasteiger partial charge in [-0.1, -0.05) is 0 Å². The minimum absolute atomic E-state index is 0.245. The van der Waals surface area contributed by atoms with Gasteiger partial charge in [0.05, 0.1) is 0 Å². The molecule has 18 heavy (non-hydrogen) atoms. The van der Waals surface area contributed by atoms with Crippen LogP contribution >= 0.6 is 11.3 Å². The minimum atomic E-state index is -0.959. The van der Waals surface area contributed by atoms with E-state index in [9.17, 15) is 4.79 Å². The third-order valence-electron chi connectivity index (χ3n) is 2.51. The highest BCUT2D eigenvalue weighted by molar-refractivity contribution is 7.20. The Morgan fingerprint density at radius 2 is 2.22 bits per heavy atom. The van der Waals surface area contributed by atoms with Crippen LogP contribution in [0.2, 0.25) is 0 Å². The van der Waals surface area contributed by atoms with Crippen LogP contribution in [-0.2, 0) is 0 Å². The van der Waals surface area contributed by atoms with Crippen molar-refractivity contribution in [2.24, 2.45) is 0 Å². The van der Waals surface area contributed by atoms with Crippen LogP contribution in [0.1, 0.15) is 15.4 Å². The summed E-state index contributed by atoms with van der Waals surface area (Å²) >= 11 is 1.13. The molecular formula is C12H8N2O3S. The van der Waals surface area contributed by atoms with Crippen molar-refractivity contribution >= 4 is 27.5 Å². The summed E-state index contributed by atoms with van der Waals surface area (Å²) in [7, 11) is 0. The summed E-state index contributed by atoms with van der Waals surface area (Å²) < 4.78 is 5.51. The van der Waals surface area contributed by atoms with E-state index in [1.54, 1.807) is 6.07 Å². The summed E-state index contributed by atoms with van der Waals surface area (Å²) in [6.45, 7) is 1.85. The Bertz CT molecular complexity index is 745. The lowest BCUT2D eigenvalue weighted by Gasteiger charge is -1.96. The zero-order valence-electron chi connectivity index (χ0n) is 9.38. The summed E-state index contributed by atoms with van der Waals surface area (Å²) in [5.74, 6) is 0.444. The van der Waals surface area contributed by atoms with Crippen molar-refractivity contribution < 1.29 is 14.3 Å². The van der Waals surface area contributed by atoms with Gasteiger partial charge in [-0.15, -0.1) is 11.3 Å². The predicted octanol–water partition coefficient (Wildman–Crippen LogP) is 2.96. The fourth-order valence-electron chi connectivity index (χ4n) is 1.72. The average Bonchev–Trinajstić information content (AvgIpc) is 2.94. The lowest BCUT2D eigenvalue weighted by molar-refractivity contribution is 0.0702. The molecule has 3 aromatic rings. The average molecular weight is 260 g/mol. The summed E-state index contributed by atoms with van der Waals surface area (Å²) in [5.41, 5.74) is 0.622. The molecule has 0 bridgehead atoms. The molecule has 0 saturated heterocycles. The first kappa shape index (κ1) is 10.9. The van der Waals surface area contributed by atoms with Gasteiger partial charge in [-0.3, -0.25) is 0 Å². The Balaban J connectivity index is 2.26. The van der Waals surface area contributed by atoms with Crippen molar-refractivity contribution in [2.75, 3.05) is 0 Å². The van der Waals surface area contributed by atoms with Gasteiger partial charge in [0.15, 0.2) is 5.76 Å². The smallest absolute Gasteiger partial charge is 0.345 e. The van der Waals surface area contributed by atoms with Gasteiger partial charge >= 0.3 is 5.97 Å². The highest BCUT2D eigenvalue weighted by Gasteiger charge is 2.15. The van der Waals surface area contributed by atoms with Crippen LogP contribution in [0, 0.1) is 6.92 Å². The molecule has 3 heterocycles. The molecule has 5 nitrogen and oxygen atoms in total. The number of rotatable bonds is 2. The number of carbonyl (C=O) groups is 1. The third-order valence-corrected chi connectivity index (χ3v) is 3.55. The maximum atomic E-state index is 11.0. The topological polar surface area (TPSA) is 76.2 Å². The van der Waals surface area contributed by atoms with Crippen molar-refractivity contribution in [3.05, 3.63) is 35.2 Å². The van der Waals surface area contributed by atoms with Gasteiger partial charge in [0, 0.05) is 5.39 Å². The number of carboxylic acids is 1. The molecule has 0 spiro atoms. The first-order valence-corrected chi connectivity index (χ1v) is 6.01. The molecule has 0 atom stereocenters. The lowest BCUT2D eigenvalue weighted by Crippen LogP contribution is -1.89. The third kappa shape index (κ3) is 1.67. The van der Waals surface area contributed by atoms with E-state index in [-0.39, 0.29) is 4.88 Å². The molecule has 0 unspecified atom stereocenters. The number of carboxylic acid groups (broad SMARTS) is 1. The van der Waals surface area contributed by atoms with Crippen LogP contribution < -0.4 is 0 Å². The second-order valence-electron chi connectivity index (χ2n) is 3.77. The fourth-order valence-corrected chi connectivity index (χ4v) is 2.56. The first-order chi connectivity index (χ1) is 8.65. The molecule has 6 heteroatoms. The van der Waals surface area contributed by atoms with Crippen LogP contribution in [0.3, 0.4) is 0 Å². The Morgan fingerprint density at radius 1 is 1.39 bits per heavy atom. The van der Waals surface area contributed by atoms with E-state index in [2.05, 4.69) is 9.97 Å². The highest BCUT2D eigenvalue weighted by Crippen LogP contribution is 2.31. The van der Waals surface area contributed by atoms with E-state index >= 15 is 0 Å². The van der Waals surface area contributed by atoms with Gasteiger partial charge in [-0.2, -0.15) is 0 Å². The van der Waals surface area contributed by atoms with E-state index in [0.717, 1.165) is 17.1 Å². The first-order valence-electron chi connectivity index (χ1n) is 5.20. The SMILES string of the molecule is Cc1ccc(-c2ncnc3sc(C(=O)O)cc23)o1. The predicted molar refractivity (Wildman–Crippen MR) is 66.8 cm³/mol. The zero-order valence-corrected chi connectivity index (χ0v) is 10.2. The highest BCUT2D eigenvalue weighted by atomic mass is 32.1. The molecule has 0 amide bonds. The summed E-state index contributed by atoms with van der Waals surface area (Å²) in [5, 5.41) is 9.69. The number of fused-ring (bicyclic) bond motifs is 1. The zero-order chi connectivity index (χ0) is 12.7. The molecule has 1 N–H and O–H groups in total. The van der Waals surface area contributed by atoms with Gasteiger partial charge in [-0.25, -0.2) is 14.8 Å². The van der Waals surface area contributed by atoms with Crippen LogP contribution in [0.4, 0.5) is 0 Å². The van der Waals surface area contributed by atoms with Crippen molar-refractivity contribution in [1.29, 1.82) is 0 Å². The van der Waals surface area contributed by atoms with Crippen LogP contribution in [-0.4, -0.2) is 21.0 Å². The normalized spacial score (nSPS) is 10.9. The Kier molecular flexibility index (Phi) is 2.38. The van der Waals surface area contributed by atoms with Crippen molar-refractivity contribution in [1.82, 2.24) is 9.97 Å². The standard InChI is InChI=1S/C12H8N2O3S/c1-6-2-3-8(17-6)10-7-4-9(12(15)16)18-11(7)14-5-13-10/h2-5H,1H3,(H,15,16). The van der Waals surface area contributed by atoms with Crippen LogP contribution in [0.5, 0.6) is 0 Å². The number of nitrogens with zero attached hydrogens (tertiary/aromatic N) is 2. The quantitative estimate of drug-likeness (QED) is 0.766. The van der Waals surface area contributed by atoms with E-state index < -0.39 is 5.97 Å². The van der Waals surface area contributed by atoms with Gasteiger partial charge in [0.25, 0.3) is 0 Å². The summed E-state index contributed by atoms with van der Waals surface area (Å²) in [6, 6.07) is 5.23. The van der Waals surface area contributed by atoms with Crippen LogP contribution in [0.25, 0.3) is 21.7 Å². The van der Waals surface area contributed by atoms with Gasteiger partial charge < -0.3 is 9.52 Å².